The van der Waals surface area contributed by atoms with Crippen LogP contribution in [0.2, 0.25) is 0 Å². The highest BCUT2D eigenvalue weighted by atomic mass is 32.2. The molecule has 0 saturated heterocycles. The minimum atomic E-state index is -4.29. The number of benzene rings is 4. The minimum Gasteiger partial charge on any atom is -0.497 e. The number of amides is 2. The third-order valence-electron chi connectivity index (χ3n) is 7.58. The molecule has 1 unspecified atom stereocenters. The number of sulfonamides is 1. The van der Waals surface area contributed by atoms with E-state index < -0.39 is 28.5 Å². The highest BCUT2D eigenvalue weighted by Crippen LogP contribution is 2.33. The molecule has 46 heavy (non-hydrogen) atoms. The molecule has 0 fully saturated rings. The molecule has 9 nitrogen and oxygen atoms in total. The first-order valence-electron chi connectivity index (χ1n) is 15.2. The quantitative estimate of drug-likeness (QED) is 0.163. The van der Waals surface area contributed by atoms with Crippen molar-refractivity contribution in [2.24, 2.45) is 0 Å². The smallest absolute Gasteiger partial charge is 0.264 e. The summed E-state index contributed by atoms with van der Waals surface area (Å²) in [5, 5.41) is 3.00. The van der Waals surface area contributed by atoms with E-state index in [0.717, 1.165) is 28.3 Å². The van der Waals surface area contributed by atoms with Gasteiger partial charge in [0, 0.05) is 19.5 Å². The Morgan fingerprint density at radius 1 is 0.783 bits per heavy atom. The number of nitrogens with one attached hydrogen (secondary N) is 1. The highest BCUT2D eigenvalue weighted by Gasteiger charge is 2.35. The predicted octanol–water partition coefficient (Wildman–Crippen LogP) is 5.46. The summed E-state index contributed by atoms with van der Waals surface area (Å²) in [6.45, 7) is 2.03. The Labute approximate surface area is 271 Å². The second-order valence-corrected chi connectivity index (χ2v) is 12.6. The number of para-hydroxylation sites is 2. The molecule has 0 aliphatic carbocycles. The summed E-state index contributed by atoms with van der Waals surface area (Å²) in [7, 11) is -1.35. The Kier molecular flexibility index (Phi) is 12.2. The zero-order valence-electron chi connectivity index (χ0n) is 26.5. The lowest BCUT2D eigenvalue weighted by molar-refractivity contribution is -0.140. The Morgan fingerprint density at radius 3 is 2.00 bits per heavy atom. The van der Waals surface area contributed by atoms with E-state index in [1.54, 1.807) is 36.4 Å². The predicted molar refractivity (Wildman–Crippen MR) is 179 cm³/mol. The molecule has 0 aliphatic rings. The van der Waals surface area contributed by atoms with Crippen LogP contribution in [0.4, 0.5) is 5.69 Å². The number of ether oxygens (including phenoxy) is 2. The largest absolute Gasteiger partial charge is 0.497 e. The second-order valence-electron chi connectivity index (χ2n) is 10.7. The maximum absolute atomic E-state index is 14.6. The number of anilines is 1. The first-order chi connectivity index (χ1) is 22.3. The standard InChI is InChI=1S/C36H41N3O6S/c1-4-5-24-37-36(41)33(25-28-14-8-6-9-15-28)38(26-29-16-10-7-11-17-29)35(40)27-39(32-18-12-13-19-34(32)45-3)46(42,43)31-22-20-30(44-2)21-23-31/h6-23,33H,4-5,24-27H2,1-3H3,(H,37,41). The number of hydrogen-bond donors (Lipinski definition) is 1. The van der Waals surface area contributed by atoms with Crippen LogP contribution in [0.3, 0.4) is 0 Å². The van der Waals surface area contributed by atoms with Crippen molar-refractivity contribution in [1.29, 1.82) is 0 Å². The lowest BCUT2D eigenvalue weighted by atomic mass is 10.0. The second kappa shape index (κ2) is 16.5. The first kappa shape index (κ1) is 34.1. The maximum atomic E-state index is 14.6. The van der Waals surface area contributed by atoms with Crippen molar-refractivity contribution >= 4 is 27.5 Å². The molecule has 1 atom stereocenters. The van der Waals surface area contributed by atoms with Crippen molar-refractivity contribution in [2.45, 2.75) is 43.7 Å². The van der Waals surface area contributed by atoms with Gasteiger partial charge in [-0.2, -0.15) is 0 Å². The highest BCUT2D eigenvalue weighted by molar-refractivity contribution is 7.92. The minimum absolute atomic E-state index is 0.0280. The van der Waals surface area contributed by atoms with E-state index >= 15 is 0 Å². The lowest BCUT2D eigenvalue weighted by Crippen LogP contribution is -2.53. The van der Waals surface area contributed by atoms with Gasteiger partial charge in [-0.15, -0.1) is 0 Å². The van der Waals surface area contributed by atoms with Crippen molar-refractivity contribution in [3.8, 4) is 11.5 Å². The molecule has 0 spiro atoms. The topological polar surface area (TPSA) is 105 Å². The van der Waals surface area contributed by atoms with Crippen molar-refractivity contribution in [3.63, 3.8) is 0 Å². The van der Waals surface area contributed by atoms with Gasteiger partial charge in [0.05, 0.1) is 24.8 Å². The molecular formula is C36H41N3O6S. The van der Waals surface area contributed by atoms with E-state index in [9.17, 15) is 18.0 Å². The summed E-state index contributed by atoms with van der Waals surface area (Å²) < 4.78 is 40.3. The molecule has 0 radical (unpaired) electrons. The van der Waals surface area contributed by atoms with Gasteiger partial charge in [0.2, 0.25) is 11.8 Å². The third-order valence-corrected chi connectivity index (χ3v) is 9.35. The molecule has 0 aromatic heterocycles. The first-order valence-corrected chi connectivity index (χ1v) is 16.7. The Bertz CT molecular complexity index is 1670. The molecular weight excluding hydrogens is 602 g/mol. The van der Waals surface area contributed by atoms with Crippen LogP contribution >= 0.6 is 0 Å². The number of hydrogen-bond acceptors (Lipinski definition) is 6. The van der Waals surface area contributed by atoms with E-state index in [-0.39, 0.29) is 35.2 Å². The van der Waals surface area contributed by atoms with E-state index in [4.69, 9.17) is 9.47 Å². The van der Waals surface area contributed by atoms with Gasteiger partial charge in [0.1, 0.15) is 24.1 Å². The summed E-state index contributed by atoms with van der Waals surface area (Å²) in [6, 6.07) is 30.5. The molecule has 242 valence electrons. The number of unbranched alkanes of at least 4 members (excludes halogenated alkanes) is 1. The van der Waals surface area contributed by atoms with Crippen molar-refractivity contribution in [2.75, 3.05) is 31.6 Å². The summed E-state index contributed by atoms with van der Waals surface area (Å²) >= 11 is 0. The van der Waals surface area contributed by atoms with Crippen LogP contribution in [0.25, 0.3) is 0 Å². The Balaban J connectivity index is 1.80. The lowest BCUT2D eigenvalue weighted by Gasteiger charge is -2.34. The van der Waals surface area contributed by atoms with E-state index in [1.165, 1.54) is 31.3 Å². The number of methoxy groups -OCH3 is 2. The fourth-order valence-corrected chi connectivity index (χ4v) is 6.49. The van der Waals surface area contributed by atoms with Crippen LogP contribution in [0, 0.1) is 0 Å². The van der Waals surface area contributed by atoms with Gasteiger partial charge in [-0.1, -0.05) is 86.1 Å². The summed E-state index contributed by atoms with van der Waals surface area (Å²) in [5.41, 5.74) is 1.87. The van der Waals surface area contributed by atoms with Gasteiger partial charge in [0.25, 0.3) is 10.0 Å². The van der Waals surface area contributed by atoms with Crippen LogP contribution in [-0.2, 0) is 32.6 Å². The van der Waals surface area contributed by atoms with Crippen molar-refractivity contribution in [3.05, 3.63) is 120 Å². The van der Waals surface area contributed by atoms with Gasteiger partial charge in [0.15, 0.2) is 0 Å². The number of carbonyl (C=O) groups is 2. The number of nitrogens with zero attached hydrogens (tertiary/aromatic N) is 2. The molecule has 0 bridgehead atoms. The van der Waals surface area contributed by atoms with Crippen molar-refractivity contribution < 1.29 is 27.5 Å². The van der Waals surface area contributed by atoms with Crippen LogP contribution in [0.1, 0.15) is 30.9 Å². The molecule has 1 N–H and O–H groups in total. The SMILES string of the molecule is CCCCNC(=O)C(Cc1ccccc1)N(Cc1ccccc1)C(=O)CN(c1ccccc1OC)S(=O)(=O)c1ccc(OC)cc1. The Morgan fingerprint density at radius 2 is 1.39 bits per heavy atom. The van der Waals surface area contributed by atoms with Gasteiger partial charge in [-0.25, -0.2) is 8.42 Å². The van der Waals surface area contributed by atoms with Crippen LogP contribution < -0.4 is 19.1 Å². The fraction of sp³-hybridized carbons (Fsp3) is 0.278. The molecule has 0 aliphatic heterocycles. The fourth-order valence-electron chi connectivity index (χ4n) is 5.06. The summed E-state index contributed by atoms with van der Waals surface area (Å²) in [4.78, 5) is 29.8. The van der Waals surface area contributed by atoms with Crippen LogP contribution in [0.5, 0.6) is 11.5 Å². The van der Waals surface area contributed by atoms with Crippen LogP contribution in [-0.4, -0.2) is 58.5 Å². The molecule has 0 saturated carbocycles. The maximum Gasteiger partial charge on any atom is 0.264 e. The average molecular weight is 644 g/mol. The number of carbonyl (C=O) groups excluding carboxylic acids is 2. The Hall–Kier alpha value is -4.83. The molecule has 4 aromatic rings. The average Bonchev–Trinajstić information content (AvgIpc) is 3.09. The summed E-state index contributed by atoms with van der Waals surface area (Å²) in [5.74, 6) is -0.0762. The van der Waals surface area contributed by atoms with Gasteiger partial charge >= 0.3 is 0 Å². The molecule has 2 amide bonds. The normalized spacial score (nSPS) is 11.7. The van der Waals surface area contributed by atoms with Crippen molar-refractivity contribution in [1.82, 2.24) is 10.2 Å². The zero-order chi connectivity index (χ0) is 32.9. The van der Waals surface area contributed by atoms with E-state index in [2.05, 4.69) is 5.32 Å². The zero-order valence-corrected chi connectivity index (χ0v) is 27.3. The molecule has 4 aromatic carbocycles. The van der Waals surface area contributed by atoms with Gasteiger partial charge < -0.3 is 19.7 Å². The van der Waals surface area contributed by atoms with Crippen LogP contribution in [0.15, 0.2) is 114 Å². The van der Waals surface area contributed by atoms with Gasteiger partial charge in [-0.3, -0.25) is 13.9 Å². The van der Waals surface area contributed by atoms with E-state index in [0.29, 0.717) is 12.3 Å². The number of rotatable bonds is 16. The molecule has 0 heterocycles. The van der Waals surface area contributed by atoms with Gasteiger partial charge in [-0.05, 0) is 53.9 Å². The molecule has 10 heteroatoms. The molecule has 4 rings (SSSR count). The third kappa shape index (κ3) is 8.66. The monoisotopic (exact) mass is 643 g/mol. The van der Waals surface area contributed by atoms with E-state index in [1.807, 2.05) is 67.6 Å². The summed E-state index contributed by atoms with van der Waals surface area (Å²) in [6.07, 6.45) is 1.93.